The number of fused-ring (bicyclic) bond motifs is 1. The fourth-order valence-electron chi connectivity index (χ4n) is 3.37. The average Bonchev–Trinajstić information content (AvgIpc) is 2.81. The van der Waals surface area contributed by atoms with E-state index in [0.29, 0.717) is 12.3 Å². The highest BCUT2D eigenvalue weighted by molar-refractivity contribution is 9.10. The van der Waals surface area contributed by atoms with Gasteiger partial charge < -0.3 is 15.0 Å². The number of rotatable bonds is 9. The fraction of sp³-hybridized carbons (Fsp3) is 0.308. The van der Waals surface area contributed by atoms with Crippen molar-refractivity contribution in [1.29, 1.82) is 0 Å². The molecule has 0 heterocycles. The number of hydrogen-bond donors (Lipinski definition) is 1. The summed E-state index contributed by atoms with van der Waals surface area (Å²) in [6.45, 7) is 6.13. The first-order chi connectivity index (χ1) is 15.8. The van der Waals surface area contributed by atoms with Crippen molar-refractivity contribution in [2.75, 3.05) is 13.2 Å². The van der Waals surface area contributed by atoms with Gasteiger partial charge in [-0.15, -0.1) is 0 Å². The second-order valence-corrected chi connectivity index (χ2v) is 9.14. The Hall–Kier alpha value is -2.93. The van der Waals surface area contributed by atoms with Crippen molar-refractivity contribution in [3.05, 3.63) is 76.5 Å². The number of carbonyl (C=O) groups is 2. The van der Waals surface area contributed by atoms with Crippen LogP contribution in [0.15, 0.2) is 65.1 Å². The normalized spacial score (nSPS) is 11.9. The summed E-state index contributed by atoms with van der Waals surface area (Å²) in [5, 5.41) is 4.91. The summed E-state index contributed by atoms with van der Waals surface area (Å²) >= 11 is 3.57. The van der Waals surface area contributed by atoms with Crippen molar-refractivity contribution in [3.8, 4) is 5.75 Å². The second-order valence-electron chi connectivity index (χ2n) is 8.35. The fourth-order valence-corrected chi connectivity index (χ4v) is 3.98. The van der Waals surface area contributed by atoms with Crippen LogP contribution in [-0.4, -0.2) is 35.9 Å². The molecule has 2 amide bonds. The van der Waals surface area contributed by atoms with Crippen LogP contribution in [0, 0.1) is 11.7 Å². The Labute approximate surface area is 202 Å². The highest BCUT2D eigenvalue weighted by Gasteiger charge is 2.26. The Morgan fingerprint density at radius 3 is 2.42 bits per heavy atom. The molecule has 3 aromatic carbocycles. The number of hydrogen-bond acceptors (Lipinski definition) is 3. The summed E-state index contributed by atoms with van der Waals surface area (Å²) in [6.07, 6.45) is 0. The molecule has 33 heavy (non-hydrogen) atoms. The predicted octanol–water partition coefficient (Wildman–Crippen LogP) is 5.31. The molecule has 0 unspecified atom stereocenters. The molecule has 0 aliphatic rings. The first-order valence-electron chi connectivity index (χ1n) is 10.9. The third-order valence-electron chi connectivity index (χ3n) is 5.30. The van der Waals surface area contributed by atoms with Gasteiger partial charge in [0, 0.05) is 13.1 Å². The lowest BCUT2D eigenvalue weighted by atomic mass is 10.1. The molecular formula is C26H28BrFN2O3. The summed E-state index contributed by atoms with van der Waals surface area (Å²) in [5.74, 6) is -0.113. The summed E-state index contributed by atoms with van der Waals surface area (Å²) in [7, 11) is 0. The zero-order chi connectivity index (χ0) is 24.0. The van der Waals surface area contributed by atoms with Gasteiger partial charge in [0.05, 0.1) is 4.47 Å². The molecule has 1 N–H and O–H groups in total. The largest absolute Gasteiger partial charge is 0.483 e. The number of nitrogens with zero attached hydrogens (tertiary/aromatic N) is 1. The minimum atomic E-state index is -0.718. The summed E-state index contributed by atoms with van der Waals surface area (Å²) in [5.41, 5.74) is 0.722. The van der Waals surface area contributed by atoms with Gasteiger partial charge in [0.1, 0.15) is 17.6 Å². The Morgan fingerprint density at radius 1 is 1.03 bits per heavy atom. The van der Waals surface area contributed by atoms with Crippen molar-refractivity contribution in [3.63, 3.8) is 0 Å². The van der Waals surface area contributed by atoms with E-state index >= 15 is 0 Å². The van der Waals surface area contributed by atoms with Gasteiger partial charge in [-0.25, -0.2) is 4.39 Å². The SMILES string of the molecule is CC(C)CNC(=O)[C@H](C)N(Cc1ccc(F)cc1)C(=O)COc1ccc2ccccc2c1Br. The van der Waals surface area contributed by atoms with Gasteiger partial charge in [0.15, 0.2) is 6.61 Å². The molecular weight excluding hydrogens is 487 g/mol. The van der Waals surface area contributed by atoms with Gasteiger partial charge in [0.2, 0.25) is 5.91 Å². The molecule has 0 fully saturated rings. The third-order valence-corrected chi connectivity index (χ3v) is 6.11. The zero-order valence-electron chi connectivity index (χ0n) is 19.0. The third kappa shape index (κ3) is 6.54. The Morgan fingerprint density at radius 2 is 1.73 bits per heavy atom. The van der Waals surface area contributed by atoms with E-state index in [1.807, 2.05) is 50.2 Å². The van der Waals surface area contributed by atoms with Crippen molar-refractivity contribution in [2.24, 2.45) is 5.92 Å². The first kappa shape index (κ1) is 24.7. The smallest absolute Gasteiger partial charge is 0.261 e. The Kier molecular flexibility index (Phi) is 8.44. The lowest BCUT2D eigenvalue weighted by Gasteiger charge is -2.29. The summed E-state index contributed by atoms with van der Waals surface area (Å²) in [4.78, 5) is 27.3. The number of halogens is 2. The number of ether oxygens (including phenoxy) is 1. The first-order valence-corrected chi connectivity index (χ1v) is 11.7. The van der Waals surface area contributed by atoms with Crippen LogP contribution >= 0.6 is 15.9 Å². The molecule has 1 atom stereocenters. The van der Waals surface area contributed by atoms with Crippen LogP contribution in [0.25, 0.3) is 10.8 Å². The monoisotopic (exact) mass is 514 g/mol. The zero-order valence-corrected chi connectivity index (χ0v) is 20.6. The molecule has 3 aromatic rings. The summed E-state index contributed by atoms with van der Waals surface area (Å²) < 4.78 is 19.9. The minimum Gasteiger partial charge on any atom is -0.483 e. The highest BCUT2D eigenvalue weighted by atomic mass is 79.9. The molecule has 0 aromatic heterocycles. The molecule has 0 aliphatic heterocycles. The van der Waals surface area contributed by atoms with Gasteiger partial charge in [0.25, 0.3) is 5.91 Å². The molecule has 0 spiro atoms. The van der Waals surface area contributed by atoms with Crippen LogP contribution in [-0.2, 0) is 16.1 Å². The molecule has 5 nitrogen and oxygen atoms in total. The second kappa shape index (κ2) is 11.3. The standard InChI is InChI=1S/C26H28BrFN2O3/c1-17(2)14-29-26(32)18(3)30(15-19-8-11-21(28)12-9-19)24(31)16-33-23-13-10-20-6-4-5-7-22(20)25(23)27/h4-13,17-18H,14-16H2,1-3H3,(H,29,32)/t18-/m0/s1. The molecule has 0 radical (unpaired) electrons. The number of carbonyl (C=O) groups excluding carboxylic acids is 2. The van der Waals surface area contributed by atoms with Gasteiger partial charge >= 0.3 is 0 Å². The van der Waals surface area contributed by atoms with Crippen LogP contribution in [0.4, 0.5) is 4.39 Å². The molecule has 0 saturated carbocycles. The topological polar surface area (TPSA) is 58.6 Å². The van der Waals surface area contributed by atoms with Crippen LogP contribution in [0.1, 0.15) is 26.3 Å². The maximum absolute atomic E-state index is 13.3. The lowest BCUT2D eigenvalue weighted by molar-refractivity contribution is -0.142. The van der Waals surface area contributed by atoms with Gasteiger partial charge in [-0.1, -0.05) is 56.3 Å². The van der Waals surface area contributed by atoms with E-state index in [4.69, 9.17) is 4.74 Å². The highest BCUT2D eigenvalue weighted by Crippen LogP contribution is 2.33. The van der Waals surface area contributed by atoms with Crippen LogP contribution in [0.5, 0.6) is 5.75 Å². The van der Waals surface area contributed by atoms with Crippen molar-refractivity contribution >= 4 is 38.5 Å². The van der Waals surface area contributed by atoms with Gasteiger partial charge in [-0.05, 0) is 63.3 Å². The molecule has 0 aliphatic carbocycles. The average molecular weight is 515 g/mol. The van der Waals surface area contributed by atoms with Crippen molar-refractivity contribution in [2.45, 2.75) is 33.4 Å². The van der Waals surface area contributed by atoms with Crippen LogP contribution in [0.2, 0.25) is 0 Å². The van der Waals surface area contributed by atoms with Crippen LogP contribution < -0.4 is 10.1 Å². The number of benzene rings is 3. The van der Waals surface area contributed by atoms with E-state index in [1.54, 1.807) is 19.1 Å². The van der Waals surface area contributed by atoms with Crippen LogP contribution in [0.3, 0.4) is 0 Å². The Bertz CT molecular complexity index is 1120. The van der Waals surface area contributed by atoms with E-state index in [-0.39, 0.29) is 36.7 Å². The van der Waals surface area contributed by atoms with E-state index in [9.17, 15) is 14.0 Å². The maximum atomic E-state index is 13.3. The van der Waals surface area contributed by atoms with Gasteiger partial charge in [-0.2, -0.15) is 0 Å². The lowest BCUT2D eigenvalue weighted by Crippen LogP contribution is -2.49. The number of amides is 2. The van der Waals surface area contributed by atoms with Gasteiger partial charge in [-0.3, -0.25) is 9.59 Å². The van der Waals surface area contributed by atoms with Crippen molar-refractivity contribution < 1.29 is 18.7 Å². The molecule has 0 saturated heterocycles. The molecule has 3 rings (SSSR count). The minimum absolute atomic E-state index is 0.164. The van der Waals surface area contributed by atoms with E-state index in [1.165, 1.54) is 17.0 Å². The van der Waals surface area contributed by atoms with Crippen molar-refractivity contribution in [1.82, 2.24) is 10.2 Å². The van der Waals surface area contributed by atoms with E-state index in [2.05, 4.69) is 21.2 Å². The molecule has 174 valence electrons. The predicted molar refractivity (Wildman–Crippen MR) is 131 cm³/mol. The molecule has 7 heteroatoms. The maximum Gasteiger partial charge on any atom is 0.261 e. The summed E-state index contributed by atoms with van der Waals surface area (Å²) in [6, 6.07) is 16.8. The van der Waals surface area contributed by atoms with E-state index < -0.39 is 6.04 Å². The quantitative estimate of drug-likeness (QED) is 0.420. The molecule has 0 bridgehead atoms. The number of nitrogens with one attached hydrogen (secondary N) is 1. The Balaban J connectivity index is 1.77. The van der Waals surface area contributed by atoms with E-state index in [0.717, 1.165) is 20.8 Å².